The van der Waals surface area contributed by atoms with E-state index < -0.39 is 11.5 Å². The van der Waals surface area contributed by atoms with Crippen molar-refractivity contribution in [1.29, 1.82) is 0 Å². The minimum Gasteiger partial charge on any atom is -0.480 e. The molecule has 2 aliphatic rings. The Morgan fingerprint density at radius 2 is 2.06 bits per heavy atom. The molecule has 0 aromatic heterocycles. The quantitative estimate of drug-likeness (QED) is 0.783. The summed E-state index contributed by atoms with van der Waals surface area (Å²) in [5.41, 5.74) is 4.91. The molecule has 4 heteroatoms. The lowest BCUT2D eigenvalue weighted by Crippen LogP contribution is -2.51. The number of rotatable bonds is 3. The highest BCUT2D eigenvalue weighted by molar-refractivity contribution is 5.79. The Hall–Kier alpha value is -0.610. The number of aliphatic carboxylic acids is 1. The van der Waals surface area contributed by atoms with Gasteiger partial charge in [0.15, 0.2) is 0 Å². The Morgan fingerprint density at radius 3 is 2.53 bits per heavy atom. The van der Waals surface area contributed by atoms with E-state index in [1.54, 1.807) is 0 Å². The second-order valence-electron chi connectivity index (χ2n) is 5.76. The fraction of sp³-hybridized carbons (Fsp3) is 0.923. The Balaban J connectivity index is 1.87. The van der Waals surface area contributed by atoms with Gasteiger partial charge < -0.3 is 10.8 Å². The molecule has 1 unspecified atom stereocenters. The van der Waals surface area contributed by atoms with Gasteiger partial charge in [-0.3, -0.25) is 9.69 Å². The van der Waals surface area contributed by atoms with Gasteiger partial charge in [-0.2, -0.15) is 0 Å². The van der Waals surface area contributed by atoms with Crippen LogP contribution < -0.4 is 5.73 Å². The smallest absolute Gasteiger partial charge is 0.325 e. The molecule has 2 fully saturated rings. The van der Waals surface area contributed by atoms with Crippen LogP contribution in [-0.2, 0) is 4.79 Å². The van der Waals surface area contributed by atoms with Gasteiger partial charge in [-0.05, 0) is 38.0 Å². The lowest BCUT2D eigenvalue weighted by molar-refractivity contribution is -0.142. The molecule has 0 aromatic carbocycles. The van der Waals surface area contributed by atoms with Crippen molar-refractivity contribution in [3.8, 4) is 0 Å². The molecular formula is C13H24N2O2. The molecule has 0 spiro atoms. The fourth-order valence-electron chi connectivity index (χ4n) is 3.27. The van der Waals surface area contributed by atoms with Crippen molar-refractivity contribution in [3.63, 3.8) is 0 Å². The molecule has 1 heterocycles. The maximum Gasteiger partial charge on any atom is 0.325 e. The third-order valence-corrected chi connectivity index (χ3v) is 4.67. The minimum atomic E-state index is -0.998. The molecule has 1 aliphatic heterocycles. The van der Waals surface area contributed by atoms with Crippen molar-refractivity contribution in [2.45, 2.75) is 57.0 Å². The summed E-state index contributed by atoms with van der Waals surface area (Å²) < 4.78 is 0. The number of carboxylic acid groups (broad SMARTS) is 1. The van der Waals surface area contributed by atoms with Crippen molar-refractivity contribution in [2.75, 3.05) is 13.1 Å². The van der Waals surface area contributed by atoms with Gasteiger partial charge in [0.1, 0.15) is 5.54 Å². The van der Waals surface area contributed by atoms with Gasteiger partial charge in [-0.15, -0.1) is 0 Å². The number of nitrogens with two attached hydrogens (primary N) is 1. The van der Waals surface area contributed by atoms with Crippen LogP contribution in [0.25, 0.3) is 0 Å². The Kier molecular flexibility index (Phi) is 3.73. The molecule has 1 atom stereocenters. The molecule has 1 aliphatic carbocycles. The van der Waals surface area contributed by atoms with Crippen LogP contribution in [-0.4, -0.2) is 40.6 Å². The lowest BCUT2D eigenvalue weighted by atomic mass is 9.84. The van der Waals surface area contributed by atoms with Crippen LogP contribution in [0.3, 0.4) is 0 Å². The van der Waals surface area contributed by atoms with Crippen LogP contribution in [0.5, 0.6) is 0 Å². The molecule has 98 valence electrons. The van der Waals surface area contributed by atoms with Gasteiger partial charge >= 0.3 is 5.97 Å². The zero-order chi connectivity index (χ0) is 12.5. The van der Waals surface area contributed by atoms with Gasteiger partial charge in [0.2, 0.25) is 0 Å². The van der Waals surface area contributed by atoms with E-state index in [1.165, 1.54) is 32.1 Å². The SMILES string of the molecule is CCC1CCC(N2CCC(N)(C(=O)O)C2)CC1. The minimum absolute atomic E-state index is 0.532. The van der Waals surface area contributed by atoms with Crippen LogP contribution in [0.1, 0.15) is 45.4 Å². The average molecular weight is 240 g/mol. The molecule has 0 aromatic rings. The van der Waals surface area contributed by atoms with Gasteiger partial charge in [0.25, 0.3) is 0 Å². The number of nitrogens with zero attached hydrogens (tertiary/aromatic N) is 1. The Labute approximate surface area is 103 Å². The van der Waals surface area contributed by atoms with Crippen LogP contribution in [0.15, 0.2) is 0 Å². The number of carbonyl (C=O) groups is 1. The molecule has 3 N–H and O–H groups in total. The molecule has 2 rings (SSSR count). The summed E-state index contributed by atoms with van der Waals surface area (Å²) in [6.07, 6.45) is 6.89. The summed E-state index contributed by atoms with van der Waals surface area (Å²) >= 11 is 0. The van der Waals surface area contributed by atoms with E-state index in [-0.39, 0.29) is 0 Å². The van der Waals surface area contributed by atoms with E-state index in [4.69, 9.17) is 10.8 Å². The van der Waals surface area contributed by atoms with E-state index in [2.05, 4.69) is 11.8 Å². The topological polar surface area (TPSA) is 66.6 Å². The van der Waals surface area contributed by atoms with Gasteiger partial charge in [0.05, 0.1) is 0 Å². The predicted molar refractivity (Wildman–Crippen MR) is 66.8 cm³/mol. The third kappa shape index (κ3) is 2.63. The Bertz CT molecular complexity index is 287. The molecule has 0 amide bonds. The second kappa shape index (κ2) is 4.94. The highest BCUT2D eigenvalue weighted by Gasteiger charge is 2.43. The highest BCUT2D eigenvalue weighted by atomic mass is 16.4. The number of hydrogen-bond acceptors (Lipinski definition) is 3. The van der Waals surface area contributed by atoms with Crippen LogP contribution in [0, 0.1) is 5.92 Å². The van der Waals surface area contributed by atoms with Crippen molar-refractivity contribution in [3.05, 3.63) is 0 Å². The molecule has 1 saturated carbocycles. The van der Waals surface area contributed by atoms with Crippen molar-refractivity contribution in [2.24, 2.45) is 11.7 Å². The zero-order valence-electron chi connectivity index (χ0n) is 10.7. The van der Waals surface area contributed by atoms with Crippen molar-refractivity contribution < 1.29 is 9.90 Å². The van der Waals surface area contributed by atoms with Crippen molar-refractivity contribution in [1.82, 2.24) is 4.90 Å². The third-order valence-electron chi connectivity index (χ3n) is 4.67. The highest BCUT2D eigenvalue weighted by Crippen LogP contribution is 2.32. The van der Waals surface area contributed by atoms with Gasteiger partial charge in [-0.25, -0.2) is 0 Å². The first-order chi connectivity index (χ1) is 8.05. The molecule has 4 nitrogen and oxygen atoms in total. The van der Waals surface area contributed by atoms with Crippen LogP contribution >= 0.6 is 0 Å². The molecular weight excluding hydrogens is 216 g/mol. The van der Waals surface area contributed by atoms with E-state index in [0.29, 0.717) is 19.0 Å². The van der Waals surface area contributed by atoms with Crippen molar-refractivity contribution >= 4 is 5.97 Å². The van der Waals surface area contributed by atoms with Crippen LogP contribution in [0.4, 0.5) is 0 Å². The zero-order valence-corrected chi connectivity index (χ0v) is 10.7. The second-order valence-corrected chi connectivity index (χ2v) is 5.76. The summed E-state index contributed by atoms with van der Waals surface area (Å²) in [5.74, 6) is 0.0400. The summed E-state index contributed by atoms with van der Waals surface area (Å²) in [6, 6.07) is 0.572. The van der Waals surface area contributed by atoms with Crippen LogP contribution in [0.2, 0.25) is 0 Å². The first-order valence-electron chi connectivity index (χ1n) is 6.81. The summed E-state index contributed by atoms with van der Waals surface area (Å²) in [7, 11) is 0. The largest absolute Gasteiger partial charge is 0.480 e. The van der Waals surface area contributed by atoms with Gasteiger partial charge in [-0.1, -0.05) is 13.3 Å². The normalized spacial score (nSPS) is 39.4. The summed E-state index contributed by atoms with van der Waals surface area (Å²) in [5, 5.41) is 9.12. The molecule has 1 saturated heterocycles. The lowest BCUT2D eigenvalue weighted by Gasteiger charge is -2.34. The summed E-state index contributed by atoms with van der Waals surface area (Å²) in [4.78, 5) is 13.4. The molecule has 17 heavy (non-hydrogen) atoms. The van der Waals surface area contributed by atoms with E-state index in [0.717, 1.165) is 12.5 Å². The number of likely N-dealkylation sites (tertiary alicyclic amines) is 1. The van der Waals surface area contributed by atoms with E-state index >= 15 is 0 Å². The number of carboxylic acids is 1. The summed E-state index contributed by atoms with van der Waals surface area (Å²) in [6.45, 7) is 3.64. The monoisotopic (exact) mass is 240 g/mol. The standard InChI is InChI=1S/C13H24N2O2/c1-2-10-3-5-11(6-4-10)15-8-7-13(14,9-15)12(16)17/h10-11H,2-9,14H2,1H3,(H,16,17). The maximum absolute atomic E-state index is 11.1. The Morgan fingerprint density at radius 1 is 1.41 bits per heavy atom. The van der Waals surface area contributed by atoms with E-state index in [1.807, 2.05) is 0 Å². The maximum atomic E-state index is 11.1. The first-order valence-corrected chi connectivity index (χ1v) is 6.81. The number of hydrogen-bond donors (Lipinski definition) is 2. The van der Waals surface area contributed by atoms with Gasteiger partial charge in [0, 0.05) is 19.1 Å². The van der Waals surface area contributed by atoms with E-state index in [9.17, 15) is 4.79 Å². The fourth-order valence-corrected chi connectivity index (χ4v) is 3.27. The predicted octanol–water partition coefficient (Wildman–Crippen LogP) is 1.44. The molecule has 0 bridgehead atoms. The molecule has 0 radical (unpaired) electrons. The first kappa shape index (κ1) is 12.8. The average Bonchev–Trinajstić information content (AvgIpc) is 2.74.